The number of rotatable bonds is 4. The molecule has 3 aromatic heterocycles. The van der Waals surface area contributed by atoms with E-state index in [-0.39, 0.29) is 24.0 Å². The lowest BCUT2D eigenvalue weighted by atomic mass is 9.71. The van der Waals surface area contributed by atoms with Crippen molar-refractivity contribution in [3.8, 4) is 0 Å². The number of esters is 1. The highest BCUT2D eigenvalue weighted by Crippen LogP contribution is 2.52. The lowest BCUT2D eigenvalue weighted by Gasteiger charge is -2.34. The minimum atomic E-state index is -0.734. The van der Waals surface area contributed by atoms with Crippen molar-refractivity contribution < 1.29 is 14.3 Å². The number of aryl methyl sites for hydroxylation is 1. The average molecular weight is 399 g/mol. The second kappa shape index (κ2) is 6.16. The SMILES string of the molecule is COC(=O)[C@@]1(Cc2cscn2)C[C@H]2CC[C@@H]1N2C(=O)c1cnn2ccn(C)c12. The molecule has 0 radical (unpaired) electrons. The molecule has 8 nitrogen and oxygen atoms in total. The Morgan fingerprint density at radius 3 is 2.96 bits per heavy atom. The zero-order chi connectivity index (χ0) is 19.5. The van der Waals surface area contributed by atoms with Gasteiger partial charge in [0.2, 0.25) is 0 Å². The first kappa shape index (κ1) is 17.4. The fraction of sp³-hybridized carbons (Fsp3) is 0.474. The third-order valence-electron chi connectivity index (χ3n) is 6.31. The maximum Gasteiger partial charge on any atom is 0.314 e. The van der Waals surface area contributed by atoms with E-state index in [1.54, 1.807) is 16.2 Å². The average Bonchev–Trinajstić information content (AvgIpc) is 3.49. The second-order valence-corrected chi connectivity index (χ2v) is 8.42. The smallest absolute Gasteiger partial charge is 0.314 e. The number of aromatic nitrogens is 4. The van der Waals surface area contributed by atoms with Crippen LogP contribution in [0.15, 0.2) is 29.5 Å². The molecule has 0 aliphatic carbocycles. The van der Waals surface area contributed by atoms with Gasteiger partial charge in [0.25, 0.3) is 5.91 Å². The van der Waals surface area contributed by atoms with Gasteiger partial charge in [-0.1, -0.05) is 0 Å². The molecule has 2 fully saturated rings. The van der Waals surface area contributed by atoms with Gasteiger partial charge in [-0.25, -0.2) is 9.50 Å². The summed E-state index contributed by atoms with van der Waals surface area (Å²) in [5, 5.41) is 6.27. The van der Waals surface area contributed by atoms with Gasteiger partial charge in [-0.15, -0.1) is 11.3 Å². The molecule has 28 heavy (non-hydrogen) atoms. The van der Waals surface area contributed by atoms with Crippen LogP contribution in [0, 0.1) is 5.41 Å². The quantitative estimate of drug-likeness (QED) is 0.626. The van der Waals surface area contributed by atoms with Gasteiger partial charge in [0.1, 0.15) is 11.2 Å². The first-order valence-electron chi connectivity index (χ1n) is 9.32. The summed E-state index contributed by atoms with van der Waals surface area (Å²) in [6.45, 7) is 0. The van der Waals surface area contributed by atoms with Crippen LogP contribution in [0.3, 0.4) is 0 Å². The van der Waals surface area contributed by atoms with E-state index in [0.717, 1.165) is 24.2 Å². The fourth-order valence-electron chi connectivity index (χ4n) is 5.16. The van der Waals surface area contributed by atoms with Crippen molar-refractivity contribution >= 4 is 28.9 Å². The summed E-state index contributed by atoms with van der Waals surface area (Å²) < 4.78 is 8.81. The minimum Gasteiger partial charge on any atom is -0.469 e. The van der Waals surface area contributed by atoms with Crippen molar-refractivity contribution in [2.24, 2.45) is 12.5 Å². The molecular weight excluding hydrogens is 378 g/mol. The Balaban J connectivity index is 1.54. The highest BCUT2D eigenvalue weighted by Gasteiger charge is 2.62. The molecule has 0 N–H and O–H groups in total. The number of hydrogen-bond acceptors (Lipinski definition) is 6. The number of methoxy groups -OCH3 is 1. The third-order valence-corrected chi connectivity index (χ3v) is 6.95. The molecule has 2 saturated heterocycles. The van der Waals surface area contributed by atoms with E-state index in [0.29, 0.717) is 18.4 Å². The second-order valence-electron chi connectivity index (χ2n) is 7.70. The predicted octanol–water partition coefficient (Wildman–Crippen LogP) is 1.91. The molecule has 3 aromatic rings. The molecule has 0 aromatic carbocycles. The van der Waals surface area contributed by atoms with Crippen molar-refractivity contribution in [3.05, 3.63) is 40.7 Å². The van der Waals surface area contributed by atoms with Crippen LogP contribution in [-0.4, -0.2) is 55.1 Å². The van der Waals surface area contributed by atoms with E-state index >= 15 is 0 Å². The van der Waals surface area contributed by atoms with Gasteiger partial charge < -0.3 is 14.2 Å². The maximum atomic E-state index is 13.5. The first-order valence-corrected chi connectivity index (χ1v) is 10.3. The van der Waals surface area contributed by atoms with Crippen LogP contribution in [0.4, 0.5) is 0 Å². The van der Waals surface area contributed by atoms with Crippen molar-refractivity contribution in [2.75, 3.05) is 7.11 Å². The highest BCUT2D eigenvalue weighted by atomic mass is 32.1. The van der Waals surface area contributed by atoms with E-state index in [2.05, 4.69) is 10.1 Å². The fourth-order valence-corrected chi connectivity index (χ4v) is 5.72. The van der Waals surface area contributed by atoms with E-state index in [1.165, 1.54) is 18.4 Å². The summed E-state index contributed by atoms with van der Waals surface area (Å²) in [7, 11) is 3.32. The molecule has 2 bridgehead atoms. The normalized spacial score (nSPS) is 26.3. The molecule has 3 atom stereocenters. The van der Waals surface area contributed by atoms with Crippen molar-refractivity contribution in [1.29, 1.82) is 0 Å². The lowest BCUT2D eigenvalue weighted by molar-refractivity contribution is -0.154. The Hall–Kier alpha value is -2.68. The van der Waals surface area contributed by atoms with Crippen LogP contribution < -0.4 is 0 Å². The molecule has 0 unspecified atom stereocenters. The Labute approximate surface area is 165 Å². The topological polar surface area (TPSA) is 81.7 Å². The molecule has 5 heterocycles. The molecule has 5 rings (SSSR count). The molecule has 0 saturated carbocycles. The van der Waals surface area contributed by atoms with Gasteiger partial charge in [-0.2, -0.15) is 5.10 Å². The van der Waals surface area contributed by atoms with Crippen molar-refractivity contribution in [1.82, 2.24) is 24.1 Å². The number of fused-ring (bicyclic) bond motifs is 3. The molecule has 0 spiro atoms. The van der Waals surface area contributed by atoms with Gasteiger partial charge in [0.15, 0.2) is 0 Å². The number of ether oxygens (including phenoxy) is 1. The molecule has 2 aliphatic rings. The van der Waals surface area contributed by atoms with Crippen LogP contribution >= 0.6 is 11.3 Å². The number of imidazole rings is 1. The Morgan fingerprint density at radius 1 is 1.36 bits per heavy atom. The molecule has 9 heteroatoms. The van der Waals surface area contributed by atoms with E-state index in [4.69, 9.17) is 4.74 Å². The van der Waals surface area contributed by atoms with Crippen molar-refractivity contribution in [3.63, 3.8) is 0 Å². The maximum absolute atomic E-state index is 13.5. The van der Waals surface area contributed by atoms with Gasteiger partial charge in [-0.05, 0) is 19.3 Å². The summed E-state index contributed by atoms with van der Waals surface area (Å²) >= 11 is 1.51. The number of thiazole rings is 1. The molecular formula is C19H21N5O3S. The largest absolute Gasteiger partial charge is 0.469 e. The third kappa shape index (κ3) is 2.28. The number of carbonyl (C=O) groups excluding carboxylic acids is 2. The van der Waals surface area contributed by atoms with Gasteiger partial charge in [0.05, 0.1) is 29.9 Å². The van der Waals surface area contributed by atoms with Crippen LogP contribution in [0.5, 0.6) is 0 Å². The number of carbonyl (C=O) groups is 2. The summed E-state index contributed by atoms with van der Waals surface area (Å²) in [5.74, 6) is -0.308. The van der Waals surface area contributed by atoms with Crippen LogP contribution in [0.25, 0.3) is 5.65 Å². The van der Waals surface area contributed by atoms with Crippen LogP contribution in [0.2, 0.25) is 0 Å². The van der Waals surface area contributed by atoms with Gasteiger partial charge in [-0.3, -0.25) is 9.59 Å². The highest BCUT2D eigenvalue weighted by molar-refractivity contribution is 7.07. The van der Waals surface area contributed by atoms with E-state index < -0.39 is 5.41 Å². The Kier molecular flexibility index (Phi) is 3.84. The summed E-state index contributed by atoms with van der Waals surface area (Å²) in [6.07, 6.45) is 8.14. The summed E-state index contributed by atoms with van der Waals surface area (Å²) in [6, 6.07) is -0.153. The standard InChI is InChI=1S/C19H21N5O3S/c1-22-5-6-23-16(22)14(9-21-23)17(25)24-13-3-4-15(24)19(8-13,18(26)27-2)7-12-10-28-11-20-12/h5-6,9-11,13,15H,3-4,7-8H2,1-2H3/t13-,15+,19+/m1/s1. The Bertz CT molecular complexity index is 1060. The van der Waals surface area contributed by atoms with E-state index in [1.807, 2.05) is 34.3 Å². The number of hydrogen-bond donors (Lipinski definition) is 0. The Morgan fingerprint density at radius 2 is 2.21 bits per heavy atom. The van der Waals surface area contributed by atoms with E-state index in [9.17, 15) is 9.59 Å². The zero-order valence-electron chi connectivity index (χ0n) is 15.7. The van der Waals surface area contributed by atoms with Gasteiger partial charge >= 0.3 is 5.97 Å². The van der Waals surface area contributed by atoms with Crippen LogP contribution in [-0.2, 0) is 23.0 Å². The first-order chi connectivity index (χ1) is 13.5. The molecule has 1 amide bonds. The molecule has 146 valence electrons. The summed E-state index contributed by atoms with van der Waals surface area (Å²) in [4.78, 5) is 32.7. The van der Waals surface area contributed by atoms with Crippen LogP contribution in [0.1, 0.15) is 35.3 Å². The number of amides is 1. The predicted molar refractivity (Wildman–Crippen MR) is 102 cm³/mol. The summed E-state index contributed by atoms with van der Waals surface area (Å²) in [5.41, 5.74) is 3.25. The monoisotopic (exact) mass is 399 g/mol. The minimum absolute atomic E-state index is 0.0328. The number of nitrogens with zero attached hydrogens (tertiary/aromatic N) is 5. The van der Waals surface area contributed by atoms with Crippen molar-refractivity contribution in [2.45, 2.75) is 37.8 Å². The lowest BCUT2D eigenvalue weighted by Crippen LogP contribution is -2.47. The molecule has 2 aliphatic heterocycles. The zero-order valence-corrected chi connectivity index (χ0v) is 16.6. The van der Waals surface area contributed by atoms with Gasteiger partial charge in [0, 0.05) is 43.3 Å².